The first-order valence-electron chi connectivity index (χ1n) is 8.46. The van der Waals surface area contributed by atoms with Crippen molar-refractivity contribution >= 4 is 24.1 Å². The van der Waals surface area contributed by atoms with Crippen LogP contribution in [0.5, 0.6) is 5.75 Å². The Bertz CT molecular complexity index is 895. The summed E-state index contributed by atoms with van der Waals surface area (Å²) in [6.07, 6.45) is -0.413. The van der Waals surface area contributed by atoms with Crippen molar-refractivity contribution in [2.45, 2.75) is 0 Å². The second kappa shape index (κ2) is 8.47. The van der Waals surface area contributed by atoms with Crippen molar-refractivity contribution in [2.24, 2.45) is 4.99 Å². The molecule has 2 aromatic carbocycles. The summed E-state index contributed by atoms with van der Waals surface area (Å²) in [4.78, 5) is 29.6. The lowest BCUT2D eigenvalue weighted by Gasteiger charge is -2.32. The third kappa shape index (κ3) is 4.81. The average Bonchev–Trinajstić information content (AvgIpc) is 2.68. The van der Waals surface area contributed by atoms with Crippen molar-refractivity contribution in [1.82, 2.24) is 9.80 Å². The second-order valence-corrected chi connectivity index (χ2v) is 6.04. The molecule has 0 aliphatic carbocycles. The van der Waals surface area contributed by atoms with E-state index in [-0.39, 0.29) is 43.3 Å². The topological polar surface area (TPSA) is 82.4 Å². The maximum absolute atomic E-state index is 14.2. The molecule has 1 fully saturated rings. The molecule has 9 heteroatoms. The van der Waals surface area contributed by atoms with Crippen molar-refractivity contribution in [3.8, 4) is 5.75 Å². The number of carbonyl (C=O) groups excluding carboxylic acids is 1. The molecule has 2 aromatic rings. The minimum atomic E-state index is -1.03. The van der Waals surface area contributed by atoms with E-state index in [0.29, 0.717) is 5.69 Å². The number of rotatable bonds is 3. The van der Waals surface area contributed by atoms with E-state index in [0.717, 1.165) is 6.07 Å². The van der Waals surface area contributed by atoms with Gasteiger partial charge in [-0.1, -0.05) is 0 Å². The van der Waals surface area contributed by atoms with Gasteiger partial charge < -0.3 is 19.6 Å². The van der Waals surface area contributed by atoms with Gasteiger partial charge in [0, 0.05) is 44.0 Å². The van der Waals surface area contributed by atoms with Gasteiger partial charge in [-0.25, -0.2) is 18.4 Å². The van der Waals surface area contributed by atoms with E-state index in [1.807, 2.05) is 0 Å². The third-order valence-electron chi connectivity index (χ3n) is 4.16. The van der Waals surface area contributed by atoms with Crippen LogP contribution < -0.4 is 4.74 Å². The van der Waals surface area contributed by atoms with Gasteiger partial charge in [0.2, 0.25) is 0 Å². The fourth-order valence-corrected chi connectivity index (χ4v) is 2.59. The Morgan fingerprint density at radius 1 is 1.00 bits per heavy atom. The van der Waals surface area contributed by atoms with Crippen molar-refractivity contribution in [2.75, 3.05) is 26.2 Å². The summed E-state index contributed by atoms with van der Waals surface area (Å²) in [5.74, 6) is -0.991. The van der Waals surface area contributed by atoms with Gasteiger partial charge in [0.1, 0.15) is 17.4 Å². The maximum atomic E-state index is 14.2. The first-order valence-corrected chi connectivity index (χ1v) is 8.46. The van der Waals surface area contributed by atoms with Crippen LogP contribution in [0, 0.1) is 11.6 Å². The van der Waals surface area contributed by atoms with E-state index in [1.54, 1.807) is 0 Å². The fraction of sp³-hybridized carbons (Fsp3) is 0.211. The zero-order valence-electron chi connectivity index (χ0n) is 14.7. The zero-order valence-corrected chi connectivity index (χ0v) is 14.7. The minimum absolute atomic E-state index is 0.0297. The molecular formula is C19H17F2N3O4. The van der Waals surface area contributed by atoms with Crippen LogP contribution in [0.1, 0.15) is 5.56 Å². The summed E-state index contributed by atoms with van der Waals surface area (Å²) in [6.45, 7) is 0.793. The molecule has 0 saturated carbocycles. The van der Waals surface area contributed by atoms with Gasteiger partial charge in [0.15, 0.2) is 0 Å². The number of carboxylic acid groups (broad SMARTS) is 1. The highest BCUT2D eigenvalue weighted by Crippen LogP contribution is 2.18. The number of piperazine rings is 1. The van der Waals surface area contributed by atoms with Crippen LogP contribution in [0.4, 0.5) is 24.1 Å². The molecule has 1 heterocycles. The number of nitrogens with zero attached hydrogens (tertiary/aromatic N) is 3. The summed E-state index contributed by atoms with van der Waals surface area (Å²) in [6, 6.07) is 9.34. The van der Waals surface area contributed by atoms with Gasteiger partial charge in [-0.15, -0.1) is 0 Å². The molecule has 28 heavy (non-hydrogen) atoms. The van der Waals surface area contributed by atoms with Gasteiger partial charge >= 0.3 is 12.2 Å². The van der Waals surface area contributed by atoms with Crippen LogP contribution in [-0.2, 0) is 0 Å². The molecule has 0 unspecified atom stereocenters. The van der Waals surface area contributed by atoms with Crippen molar-refractivity contribution in [1.29, 1.82) is 0 Å². The van der Waals surface area contributed by atoms with E-state index >= 15 is 0 Å². The van der Waals surface area contributed by atoms with Crippen molar-refractivity contribution in [3.05, 3.63) is 59.7 Å². The molecule has 0 spiro atoms. The first-order chi connectivity index (χ1) is 13.4. The first kappa shape index (κ1) is 19.3. The van der Waals surface area contributed by atoms with Gasteiger partial charge in [0.25, 0.3) is 0 Å². The number of aliphatic imine (C=N–C) groups is 1. The van der Waals surface area contributed by atoms with E-state index < -0.39 is 18.0 Å². The van der Waals surface area contributed by atoms with Crippen LogP contribution in [-0.4, -0.2) is 59.5 Å². The van der Waals surface area contributed by atoms with Gasteiger partial charge in [-0.05, 0) is 36.4 Å². The lowest BCUT2D eigenvalue weighted by Crippen LogP contribution is -2.51. The molecule has 3 rings (SSSR count). The Hall–Kier alpha value is -3.49. The molecule has 1 aliphatic rings. The second-order valence-electron chi connectivity index (χ2n) is 6.04. The SMILES string of the molecule is O=C(O)N1CCN(C(=O)Oc2ccc(C=Nc3ccc(F)cc3)c(F)c2)CC1. The Morgan fingerprint density at radius 2 is 1.64 bits per heavy atom. The highest BCUT2D eigenvalue weighted by atomic mass is 19.1. The monoisotopic (exact) mass is 389 g/mol. The largest absolute Gasteiger partial charge is 0.465 e. The Balaban J connectivity index is 1.60. The summed E-state index contributed by atoms with van der Waals surface area (Å²) < 4.78 is 32.2. The number of benzene rings is 2. The lowest BCUT2D eigenvalue weighted by atomic mass is 10.2. The number of amides is 2. The summed E-state index contributed by atoms with van der Waals surface area (Å²) in [5, 5.41) is 8.91. The molecule has 7 nitrogen and oxygen atoms in total. The van der Waals surface area contributed by atoms with E-state index in [1.165, 1.54) is 52.4 Å². The molecular weight excluding hydrogens is 372 g/mol. The average molecular weight is 389 g/mol. The molecule has 0 radical (unpaired) electrons. The maximum Gasteiger partial charge on any atom is 0.415 e. The molecule has 146 valence electrons. The lowest BCUT2D eigenvalue weighted by molar-refractivity contribution is 0.0973. The van der Waals surface area contributed by atoms with E-state index in [2.05, 4.69) is 4.99 Å². The number of carbonyl (C=O) groups is 2. The van der Waals surface area contributed by atoms with Crippen molar-refractivity contribution < 1.29 is 28.2 Å². The fourth-order valence-electron chi connectivity index (χ4n) is 2.59. The number of hydrogen-bond donors (Lipinski definition) is 1. The van der Waals surface area contributed by atoms with Gasteiger partial charge in [-0.3, -0.25) is 4.99 Å². The summed E-state index contributed by atoms with van der Waals surface area (Å²) in [7, 11) is 0. The minimum Gasteiger partial charge on any atom is -0.465 e. The van der Waals surface area contributed by atoms with Gasteiger partial charge in [-0.2, -0.15) is 0 Å². The molecule has 2 amide bonds. The van der Waals surface area contributed by atoms with Crippen LogP contribution in [0.3, 0.4) is 0 Å². The predicted octanol–water partition coefficient (Wildman–Crippen LogP) is 3.51. The predicted molar refractivity (Wildman–Crippen MR) is 97.2 cm³/mol. The molecule has 0 bridgehead atoms. The number of hydrogen-bond acceptors (Lipinski definition) is 4. The van der Waals surface area contributed by atoms with Crippen LogP contribution in [0.25, 0.3) is 0 Å². The van der Waals surface area contributed by atoms with Gasteiger partial charge in [0.05, 0.1) is 5.69 Å². The Morgan fingerprint density at radius 3 is 2.25 bits per heavy atom. The normalized spacial score (nSPS) is 14.4. The highest BCUT2D eigenvalue weighted by molar-refractivity contribution is 5.82. The Labute approximate surface area is 159 Å². The molecule has 1 N–H and O–H groups in total. The van der Waals surface area contributed by atoms with E-state index in [4.69, 9.17) is 9.84 Å². The number of halogens is 2. The quantitative estimate of drug-likeness (QED) is 0.815. The van der Waals surface area contributed by atoms with Crippen LogP contribution in [0.2, 0.25) is 0 Å². The zero-order chi connectivity index (χ0) is 20.1. The molecule has 0 atom stereocenters. The standard InChI is InChI=1S/C19H17F2N3O4/c20-14-2-4-15(5-3-14)22-12-13-1-6-16(11-17(13)21)28-19(27)24-9-7-23(8-10-24)18(25)26/h1-6,11-12H,7-10H2,(H,25,26). The highest BCUT2D eigenvalue weighted by Gasteiger charge is 2.25. The number of ether oxygens (including phenoxy) is 1. The van der Waals surface area contributed by atoms with Crippen LogP contribution in [0.15, 0.2) is 47.5 Å². The molecule has 0 aromatic heterocycles. The Kier molecular flexibility index (Phi) is 5.83. The third-order valence-corrected chi connectivity index (χ3v) is 4.16. The van der Waals surface area contributed by atoms with Crippen LogP contribution >= 0.6 is 0 Å². The smallest absolute Gasteiger partial charge is 0.415 e. The summed E-state index contributed by atoms with van der Waals surface area (Å²) in [5.41, 5.74) is 0.649. The molecule has 1 aliphatic heterocycles. The van der Waals surface area contributed by atoms with Crippen molar-refractivity contribution in [3.63, 3.8) is 0 Å². The van der Waals surface area contributed by atoms with E-state index in [9.17, 15) is 18.4 Å². The summed E-state index contributed by atoms with van der Waals surface area (Å²) >= 11 is 0. The molecule has 1 saturated heterocycles.